The Morgan fingerprint density at radius 1 is 1.20 bits per heavy atom. The summed E-state index contributed by atoms with van der Waals surface area (Å²) in [5.74, 6) is 5.59. The summed E-state index contributed by atoms with van der Waals surface area (Å²) in [5.41, 5.74) is 7.84. The van der Waals surface area contributed by atoms with Crippen LogP contribution in [0.25, 0.3) is 33.4 Å². The average Bonchev–Trinajstić information content (AvgIpc) is 3.79. The molecule has 1 aliphatic rings. The van der Waals surface area contributed by atoms with E-state index < -0.39 is 11.1 Å². The molecule has 1 saturated heterocycles. The minimum atomic E-state index is -1.51. The molecular formula is C43H62FN7O4S. The van der Waals surface area contributed by atoms with E-state index in [9.17, 15) is 9.59 Å². The molecule has 3 aromatic heterocycles. The number of nitrogens with two attached hydrogens (primary N) is 1. The smallest absolute Gasteiger partial charge is 0.293 e. The number of rotatable bonds is 22. The lowest BCUT2D eigenvalue weighted by atomic mass is 9.82. The molecule has 0 aliphatic carbocycles. The number of thiazole rings is 1. The molecule has 1 aromatic carbocycles. The first-order valence-electron chi connectivity index (χ1n) is 20.0. The van der Waals surface area contributed by atoms with Crippen LogP contribution in [0.4, 0.5) is 4.39 Å². The molecule has 0 radical (unpaired) electrons. The van der Waals surface area contributed by atoms with Gasteiger partial charge in [0.2, 0.25) is 0 Å². The molecule has 0 amide bonds. The molecular weight excluding hydrogens is 730 g/mol. The number of aryl methyl sites for hydroxylation is 2. The lowest BCUT2D eigenvalue weighted by Crippen LogP contribution is -2.42. The van der Waals surface area contributed by atoms with E-state index in [1.54, 1.807) is 24.6 Å². The molecule has 1 unspecified atom stereocenters. The second kappa shape index (κ2) is 19.7. The summed E-state index contributed by atoms with van der Waals surface area (Å²) in [6, 6.07) is 8.47. The number of methoxy groups -OCH3 is 1. The molecule has 306 valence electrons. The number of aromatic nitrogens is 3. The van der Waals surface area contributed by atoms with Crippen molar-refractivity contribution in [2.24, 2.45) is 11.3 Å². The van der Waals surface area contributed by atoms with Gasteiger partial charge in [0.05, 0.1) is 34.8 Å². The van der Waals surface area contributed by atoms with Gasteiger partial charge < -0.3 is 23.8 Å². The summed E-state index contributed by atoms with van der Waals surface area (Å²) >= 11 is 1.58. The number of alkyl halides is 1. The number of fused-ring (bicyclic) bond motifs is 1. The minimum absolute atomic E-state index is 0.240. The van der Waals surface area contributed by atoms with Crippen LogP contribution in [0.5, 0.6) is 0 Å². The number of carbonyl (C=O) groups is 2. The van der Waals surface area contributed by atoms with Gasteiger partial charge in [0.1, 0.15) is 11.5 Å². The highest BCUT2D eigenvalue weighted by Gasteiger charge is 2.38. The maximum atomic E-state index is 17.1. The first-order chi connectivity index (χ1) is 26.8. The van der Waals surface area contributed by atoms with E-state index in [1.807, 2.05) is 13.0 Å². The summed E-state index contributed by atoms with van der Waals surface area (Å²) < 4.78 is 30.6. The highest BCUT2D eigenvalue weighted by molar-refractivity contribution is 7.09. The minimum Gasteiger partial charge on any atom is -0.467 e. The van der Waals surface area contributed by atoms with Crippen LogP contribution in [-0.4, -0.2) is 97.1 Å². The van der Waals surface area contributed by atoms with Crippen molar-refractivity contribution in [3.63, 3.8) is 0 Å². The Morgan fingerprint density at radius 2 is 1.96 bits per heavy atom. The number of nitrogens with one attached hydrogen (secondary N) is 1. The topological polar surface area (TPSA) is 128 Å². The second-order valence-corrected chi connectivity index (χ2v) is 17.2. The summed E-state index contributed by atoms with van der Waals surface area (Å²) in [6.07, 6.45) is 6.09. The van der Waals surface area contributed by atoms with Crippen molar-refractivity contribution in [1.29, 1.82) is 0 Å². The monoisotopic (exact) mass is 791 g/mol. The number of unbranched alkanes of at least 4 members (excludes halogenated alkanes) is 1. The number of ether oxygens (including phenoxy) is 2. The molecule has 11 nitrogen and oxygen atoms in total. The first kappa shape index (κ1) is 43.5. The van der Waals surface area contributed by atoms with E-state index >= 15 is 4.39 Å². The van der Waals surface area contributed by atoms with Gasteiger partial charge in [-0.25, -0.2) is 9.37 Å². The van der Waals surface area contributed by atoms with Crippen LogP contribution >= 0.6 is 11.3 Å². The lowest BCUT2D eigenvalue weighted by molar-refractivity contribution is -0.131. The molecule has 3 N–H and O–H groups in total. The van der Waals surface area contributed by atoms with Crippen LogP contribution in [0.2, 0.25) is 0 Å². The molecule has 0 spiro atoms. The zero-order valence-corrected chi connectivity index (χ0v) is 35.3. The number of hydrogen-bond donors (Lipinski definition) is 2. The molecule has 1 fully saturated rings. The van der Waals surface area contributed by atoms with E-state index in [2.05, 4.69) is 78.2 Å². The average molecular weight is 792 g/mol. The number of hydrazine groups is 1. The van der Waals surface area contributed by atoms with Gasteiger partial charge in [-0.15, -0.1) is 11.3 Å². The number of Topliss-reactive ketones (excluding diaryl/α,β-unsaturated/α-hetero) is 1. The molecule has 4 heterocycles. The fourth-order valence-corrected chi connectivity index (χ4v) is 8.58. The fourth-order valence-electron chi connectivity index (χ4n) is 7.77. The summed E-state index contributed by atoms with van der Waals surface area (Å²) in [6.45, 7) is 13.6. The number of likely N-dealkylation sites (N-methyl/N-ethyl adjacent to an activating group) is 1. The first-order valence-corrected chi connectivity index (χ1v) is 20.9. The van der Waals surface area contributed by atoms with E-state index in [0.717, 1.165) is 75.6 Å². The van der Waals surface area contributed by atoms with Crippen molar-refractivity contribution < 1.29 is 23.5 Å². The van der Waals surface area contributed by atoms with Gasteiger partial charge in [-0.1, -0.05) is 19.9 Å². The van der Waals surface area contributed by atoms with Gasteiger partial charge in [-0.2, -0.15) is 0 Å². The Labute approximate surface area is 336 Å². The normalized spacial score (nSPS) is 15.5. The van der Waals surface area contributed by atoms with Crippen LogP contribution < -0.4 is 11.3 Å². The third-order valence-electron chi connectivity index (χ3n) is 11.1. The highest BCUT2D eigenvalue weighted by Crippen LogP contribution is 2.44. The Hall–Kier alpha value is -3.59. The maximum absolute atomic E-state index is 17.1. The molecule has 0 saturated carbocycles. The number of nitrogens with zero attached hydrogens (tertiary/aromatic N) is 5. The number of hydrogen-bond acceptors (Lipinski definition) is 11. The Morgan fingerprint density at radius 3 is 2.64 bits per heavy atom. The molecule has 1 atom stereocenters. The molecule has 0 bridgehead atoms. The Kier molecular flexibility index (Phi) is 15.3. The molecule has 1 aliphatic heterocycles. The predicted octanol–water partition coefficient (Wildman–Crippen LogP) is 7.25. The lowest BCUT2D eigenvalue weighted by Gasteiger charge is -2.37. The van der Waals surface area contributed by atoms with Gasteiger partial charge in [0.25, 0.3) is 6.47 Å². The number of halogens is 1. The van der Waals surface area contributed by atoms with Gasteiger partial charge in [-0.05, 0) is 83.8 Å². The van der Waals surface area contributed by atoms with Crippen LogP contribution in [0, 0.1) is 5.41 Å². The number of pyridine rings is 1. The Balaban J connectivity index is 1.57. The van der Waals surface area contributed by atoms with Gasteiger partial charge in [0.15, 0.2) is 0 Å². The van der Waals surface area contributed by atoms with Crippen LogP contribution in [0.15, 0.2) is 35.8 Å². The highest BCUT2D eigenvalue weighted by atomic mass is 32.1. The number of piperidine rings is 1. The van der Waals surface area contributed by atoms with E-state index in [-0.39, 0.29) is 18.5 Å². The number of carbonyl (C=O) groups excluding carboxylic acids is 2. The summed E-state index contributed by atoms with van der Waals surface area (Å²) in [7, 11) is 5.80. The molecule has 13 heteroatoms. The van der Waals surface area contributed by atoms with E-state index in [0.29, 0.717) is 76.7 Å². The Bertz CT molecular complexity index is 1920. The quantitative estimate of drug-likeness (QED) is 0.0364. The summed E-state index contributed by atoms with van der Waals surface area (Å²) in [4.78, 5) is 38.3. The van der Waals surface area contributed by atoms with Crippen LogP contribution in [-0.2, 0) is 44.1 Å². The summed E-state index contributed by atoms with van der Waals surface area (Å²) in [5, 5.41) is 4.05. The predicted molar refractivity (Wildman–Crippen MR) is 223 cm³/mol. The van der Waals surface area contributed by atoms with Crippen molar-refractivity contribution in [1.82, 2.24) is 29.8 Å². The largest absolute Gasteiger partial charge is 0.467 e. The van der Waals surface area contributed by atoms with Crippen molar-refractivity contribution in [3.8, 4) is 22.5 Å². The van der Waals surface area contributed by atoms with Gasteiger partial charge in [-0.3, -0.25) is 25.8 Å². The SMILES string of the molecule is CCn1c(-c2cc(C3(F)CCN(CCN(C)C)CC3)cnc2C(C)OC)c(CC(C)(C)COC=O)c2cc(-c3csc(CCC(=O)CCCCNN)n3)ccc21. The third-order valence-corrected chi connectivity index (χ3v) is 12.0. The van der Waals surface area contributed by atoms with E-state index in [4.69, 9.17) is 25.3 Å². The third kappa shape index (κ3) is 10.7. The number of ketones is 1. The van der Waals surface area contributed by atoms with Crippen LogP contribution in [0.3, 0.4) is 0 Å². The fraction of sp³-hybridized carbons (Fsp3) is 0.581. The van der Waals surface area contributed by atoms with Crippen molar-refractivity contribution in [2.45, 2.75) is 97.4 Å². The maximum Gasteiger partial charge on any atom is 0.293 e. The van der Waals surface area contributed by atoms with Crippen molar-refractivity contribution in [3.05, 3.63) is 57.7 Å². The van der Waals surface area contributed by atoms with Crippen molar-refractivity contribution >= 4 is 34.5 Å². The van der Waals surface area contributed by atoms with Gasteiger partial charge >= 0.3 is 0 Å². The van der Waals surface area contributed by atoms with Crippen molar-refractivity contribution in [2.75, 3.05) is 60.5 Å². The zero-order valence-electron chi connectivity index (χ0n) is 34.5. The standard InChI is InChI=1S/C43H62FN7O4S/c1-8-51-38-14-12-31(37-27-56-39(48-37)15-13-33(53)11-9-10-18-47-45)23-34(38)36(25-42(3,4)28-55-29-52)41(51)35-24-32(26-46-40(35)30(2)54-7)43(44)16-19-50(20-17-43)22-21-49(5)6/h12,14,23-24,26-27,29-30,47H,8-11,13,15-22,25,28,45H2,1-7H3. The zero-order chi connectivity index (χ0) is 40.5. The van der Waals surface area contributed by atoms with E-state index in [1.165, 1.54) is 0 Å². The molecule has 4 aromatic rings. The van der Waals surface area contributed by atoms with Crippen LogP contribution in [0.1, 0.15) is 94.2 Å². The number of benzene rings is 1. The van der Waals surface area contributed by atoms with Gasteiger partial charge in [0, 0.05) is 110 Å². The molecule has 5 rings (SSSR count). The number of likely N-dealkylation sites (tertiary alicyclic amines) is 1. The second-order valence-electron chi connectivity index (χ2n) is 16.3. The molecule has 56 heavy (non-hydrogen) atoms.